The molecule has 1 N–H and O–H groups in total. The third-order valence-corrected chi connectivity index (χ3v) is 5.91. The molecule has 0 bridgehead atoms. The van der Waals surface area contributed by atoms with Crippen LogP contribution in [0.5, 0.6) is 11.5 Å². The van der Waals surface area contributed by atoms with Gasteiger partial charge < -0.3 is 14.8 Å². The Morgan fingerprint density at radius 3 is 2.75 bits per heavy atom. The average Bonchev–Trinajstić information content (AvgIpc) is 3.45. The maximum atomic E-state index is 12.8. The van der Waals surface area contributed by atoms with Crippen LogP contribution in [0.15, 0.2) is 54.9 Å². The molecule has 5 rings (SSSR count). The van der Waals surface area contributed by atoms with Crippen molar-refractivity contribution in [3.05, 3.63) is 77.1 Å². The van der Waals surface area contributed by atoms with Gasteiger partial charge in [0.1, 0.15) is 11.5 Å². The number of amides is 1. The number of fused-ring (bicyclic) bond motifs is 2. The van der Waals surface area contributed by atoms with Gasteiger partial charge in [0.05, 0.1) is 32.5 Å². The summed E-state index contributed by atoms with van der Waals surface area (Å²) in [5.74, 6) is 1.27. The predicted octanol–water partition coefficient (Wildman–Crippen LogP) is 4.24. The molecular formula is C25H24N4O3. The van der Waals surface area contributed by atoms with Gasteiger partial charge in [-0.05, 0) is 60.7 Å². The lowest BCUT2D eigenvalue weighted by Gasteiger charge is -2.11. The van der Waals surface area contributed by atoms with Gasteiger partial charge in [-0.25, -0.2) is 9.67 Å². The second-order valence-electron chi connectivity index (χ2n) is 7.91. The maximum Gasteiger partial charge on any atom is 0.257 e. The Labute approximate surface area is 186 Å². The van der Waals surface area contributed by atoms with Gasteiger partial charge in [-0.15, -0.1) is 0 Å². The van der Waals surface area contributed by atoms with Crippen molar-refractivity contribution in [1.29, 1.82) is 0 Å². The summed E-state index contributed by atoms with van der Waals surface area (Å²) in [7, 11) is 3.25. The highest BCUT2D eigenvalue weighted by atomic mass is 16.5. The monoisotopic (exact) mass is 428 g/mol. The molecule has 2 aromatic heterocycles. The van der Waals surface area contributed by atoms with Gasteiger partial charge in [0, 0.05) is 28.9 Å². The van der Waals surface area contributed by atoms with Crippen LogP contribution in [0, 0.1) is 0 Å². The van der Waals surface area contributed by atoms with Crippen LogP contribution in [0.25, 0.3) is 11.0 Å². The van der Waals surface area contributed by atoms with E-state index in [-0.39, 0.29) is 5.91 Å². The fraction of sp³-hybridized carbons (Fsp3) is 0.240. The van der Waals surface area contributed by atoms with Crippen LogP contribution in [-0.4, -0.2) is 34.9 Å². The molecule has 0 spiro atoms. The van der Waals surface area contributed by atoms with Crippen molar-refractivity contribution in [1.82, 2.24) is 14.8 Å². The number of aryl methyl sites for hydroxylation is 2. The lowest BCUT2D eigenvalue weighted by atomic mass is 10.1. The van der Waals surface area contributed by atoms with Crippen LogP contribution >= 0.6 is 0 Å². The molecule has 2 heterocycles. The van der Waals surface area contributed by atoms with E-state index < -0.39 is 0 Å². The number of anilines is 1. The smallest absolute Gasteiger partial charge is 0.257 e. The topological polar surface area (TPSA) is 78.3 Å². The predicted molar refractivity (Wildman–Crippen MR) is 123 cm³/mol. The first-order valence-electron chi connectivity index (χ1n) is 10.6. The zero-order valence-electron chi connectivity index (χ0n) is 18.1. The summed E-state index contributed by atoms with van der Waals surface area (Å²) >= 11 is 0. The molecule has 7 heteroatoms. The van der Waals surface area contributed by atoms with E-state index in [1.165, 1.54) is 17.5 Å². The highest BCUT2D eigenvalue weighted by Crippen LogP contribution is 2.27. The van der Waals surface area contributed by atoms with Crippen molar-refractivity contribution in [2.24, 2.45) is 0 Å². The number of methoxy groups -OCH3 is 2. The van der Waals surface area contributed by atoms with Crippen molar-refractivity contribution in [3.8, 4) is 11.5 Å². The molecule has 1 aliphatic rings. The first-order valence-corrected chi connectivity index (χ1v) is 10.6. The first-order chi connectivity index (χ1) is 15.6. The Kier molecular flexibility index (Phi) is 5.23. The molecule has 0 saturated carbocycles. The van der Waals surface area contributed by atoms with Crippen LogP contribution in [0.3, 0.4) is 0 Å². The van der Waals surface area contributed by atoms with E-state index in [2.05, 4.69) is 27.5 Å². The number of rotatable bonds is 6. The summed E-state index contributed by atoms with van der Waals surface area (Å²) in [5.41, 5.74) is 5.69. The molecule has 4 aromatic rings. The number of carbonyl (C=O) groups excluding carboxylic acids is 1. The summed E-state index contributed by atoms with van der Waals surface area (Å²) in [6.45, 7) is 0.490. The Bertz CT molecular complexity index is 1310. The molecule has 0 radical (unpaired) electrons. The molecule has 0 aliphatic heterocycles. The van der Waals surface area contributed by atoms with Crippen LogP contribution in [0.2, 0.25) is 0 Å². The lowest BCUT2D eigenvalue weighted by Crippen LogP contribution is -2.12. The summed E-state index contributed by atoms with van der Waals surface area (Å²) in [6.07, 6.45) is 6.69. The van der Waals surface area contributed by atoms with Crippen LogP contribution < -0.4 is 14.8 Å². The summed E-state index contributed by atoms with van der Waals surface area (Å²) in [4.78, 5) is 17.3. The number of carbonyl (C=O) groups is 1. The number of hydrogen-bond donors (Lipinski definition) is 1. The quantitative estimate of drug-likeness (QED) is 0.497. The van der Waals surface area contributed by atoms with Gasteiger partial charge >= 0.3 is 0 Å². The molecule has 0 atom stereocenters. The first kappa shape index (κ1) is 20.1. The fourth-order valence-corrected chi connectivity index (χ4v) is 4.21. The standard InChI is InChI=1S/C25H24N4O3/c1-31-22-9-7-18(23(12-22)32-2)15-29-24-19(14-27-29)10-20(13-26-24)25(30)28-21-8-6-16-4-3-5-17(16)11-21/h6-14H,3-5,15H2,1-2H3,(H,28,30). The van der Waals surface area contributed by atoms with Gasteiger partial charge in [-0.1, -0.05) is 6.07 Å². The number of ether oxygens (including phenoxy) is 2. The molecule has 1 amide bonds. The number of nitrogens with zero attached hydrogens (tertiary/aromatic N) is 3. The van der Waals surface area contributed by atoms with Gasteiger partial charge in [0.25, 0.3) is 5.91 Å². The Hall–Kier alpha value is -3.87. The molecule has 32 heavy (non-hydrogen) atoms. The normalized spacial score (nSPS) is 12.6. The molecule has 2 aromatic carbocycles. The summed E-state index contributed by atoms with van der Waals surface area (Å²) in [6, 6.07) is 13.6. The minimum Gasteiger partial charge on any atom is -0.497 e. The highest BCUT2D eigenvalue weighted by Gasteiger charge is 2.15. The number of pyridine rings is 1. The molecule has 162 valence electrons. The van der Waals surface area contributed by atoms with Crippen molar-refractivity contribution >= 4 is 22.6 Å². The van der Waals surface area contributed by atoms with E-state index in [0.717, 1.165) is 41.0 Å². The van der Waals surface area contributed by atoms with Crippen LogP contribution in [0.4, 0.5) is 5.69 Å². The number of aromatic nitrogens is 3. The molecule has 0 unspecified atom stereocenters. The van der Waals surface area contributed by atoms with Gasteiger partial charge in [0.15, 0.2) is 5.65 Å². The SMILES string of the molecule is COc1ccc(Cn2ncc3cc(C(=O)Nc4ccc5c(c4)CCC5)cnc32)c(OC)c1. The minimum atomic E-state index is -0.179. The largest absolute Gasteiger partial charge is 0.497 e. The van der Waals surface area contributed by atoms with Crippen molar-refractivity contribution in [2.75, 3.05) is 19.5 Å². The second-order valence-corrected chi connectivity index (χ2v) is 7.91. The molecule has 0 fully saturated rings. The highest BCUT2D eigenvalue weighted by molar-refractivity contribution is 6.05. The maximum absolute atomic E-state index is 12.8. The van der Waals surface area contributed by atoms with E-state index in [1.54, 1.807) is 31.3 Å². The Morgan fingerprint density at radius 1 is 1.03 bits per heavy atom. The van der Waals surface area contributed by atoms with Crippen molar-refractivity contribution in [3.63, 3.8) is 0 Å². The van der Waals surface area contributed by atoms with E-state index in [4.69, 9.17) is 9.47 Å². The number of hydrogen-bond acceptors (Lipinski definition) is 5. The summed E-state index contributed by atoms with van der Waals surface area (Å²) < 4.78 is 12.5. The third-order valence-electron chi connectivity index (χ3n) is 5.91. The lowest BCUT2D eigenvalue weighted by molar-refractivity contribution is 0.102. The van der Waals surface area contributed by atoms with Crippen LogP contribution in [0.1, 0.15) is 33.5 Å². The summed E-state index contributed by atoms with van der Waals surface area (Å²) in [5, 5.41) is 8.26. The Balaban J connectivity index is 1.36. The van der Waals surface area contributed by atoms with Gasteiger partial charge in [-0.3, -0.25) is 4.79 Å². The van der Waals surface area contributed by atoms with Gasteiger partial charge in [0.2, 0.25) is 0 Å². The zero-order valence-corrected chi connectivity index (χ0v) is 18.1. The average molecular weight is 428 g/mol. The van der Waals surface area contributed by atoms with Gasteiger partial charge in [-0.2, -0.15) is 5.10 Å². The van der Waals surface area contributed by atoms with Crippen LogP contribution in [-0.2, 0) is 19.4 Å². The Morgan fingerprint density at radius 2 is 1.91 bits per heavy atom. The minimum absolute atomic E-state index is 0.179. The van der Waals surface area contributed by atoms with Crippen molar-refractivity contribution < 1.29 is 14.3 Å². The fourth-order valence-electron chi connectivity index (χ4n) is 4.21. The molecule has 0 saturated heterocycles. The molecule has 7 nitrogen and oxygen atoms in total. The van der Waals surface area contributed by atoms with E-state index >= 15 is 0 Å². The second kappa shape index (κ2) is 8.34. The zero-order chi connectivity index (χ0) is 22.1. The third kappa shape index (κ3) is 3.77. The van der Waals surface area contributed by atoms with Crippen molar-refractivity contribution in [2.45, 2.75) is 25.8 Å². The molecular weight excluding hydrogens is 404 g/mol. The molecule has 1 aliphatic carbocycles. The van der Waals surface area contributed by atoms with E-state index in [9.17, 15) is 4.79 Å². The number of benzene rings is 2. The van der Waals surface area contributed by atoms with E-state index in [0.29, 0.717) is 17.8 Å². The number of nitrogens with one attached hydrogen (secondary N) is 1. The van der Waals surface area contributed by atoms with E-state index in [1.807, 2.05) is 30.3 Å².